The van der Waals surface area contributed by atoms with E-state index in [2.05, 4.69) is 5.32 Å². The molecule has 1 aliphatic carbocycles. The van der Waals surface area contributed by atoms with Crippen LogP contribution >= 0.6 is 0 Å². The van der Waals surface area contributed by atoms with Crippen molar-refractivity contribution in [1.29, 1.82) is 0 Å². The average Bonchev–Trinajstić information content (AvgIpc) is 3.67. The molecule has 1 saturated carbocycles. The number of nitrogens with zero attached hydrogens (tertiary/aromatic N) is 2. The average molecular weight is 656 g/mol. The molecule has 2 amide bonds. The largest absolute Gasteiger partial charge is 0.487 e. The highest BCUT2D eigenvalue weighted by Crippen LogP contribution is 2.44. The van der Waals surface area contributed by atoms with Crippen LogP contribution in [0, 0.1) is 11.7 Å². The van der Waals surface area contributed by atoms with Gasteiger partial charge in [-0.2, -0.15) is 0 Å². The first-order chi connectivity index (χ1) is 21.8. The van der Waals surface area contributed by atoms with Crippen molar-refractivity contribution < 1.29 is 37.7 Å². The van der Waals surface area contributed by atoms with Gasteiger partial charge in [-0.1, -0.05) is 30.3 Å². The summed E-state index contributed by atoms with van der Waals surface area (Å²) in [4.78, 5) is 42.8. The molecule has 1 N–H and O–H groups in total. The fraction of sp³-hybridized carbons (Fsp3) is 0.583. The zero-order valence-corrected chi connectivity index (χ0v) is 29.2. The van der Waals surface area contributed by atoms with Gasteiger partial charge in [0.25, 0.3) is 0 Å². The van der Waals surface area contributed by atoms with Crippen molar-refractivity contribution in [3.8, 4) is 5.75 Å². The predicted octanol–water partition coefficient (Wildman–Crippen LogP) is 7.47. The Morgan fingerprint density at radius 1 is 0.894 bits per heavy atom. The van der Waals surface area contributed by atoms with Crippen LogP contribution in [0.15, 0.2) is 36.4 Å². The van der Waals surface area contributed by atoms with E-state index in [0.717, 1.165) is 18.4 Å². The molecule has 2 aromatic rings. The molecular formula is C36H50FN3O7. The highest BCUT2D eigenvalue weighted by atomic mass is 19.1. The first kappa shape index (κ1) is 35.8. The van der Waals surface area contributed by atoms with Gasteiger partial charge in [-0.05, 0) is 86.6 Å². The highest BCUT2D eigenvalue weighted by Gasteiger charge is 2.42. The van der Waals surface area contributed by atoms with Crippen LogP contribution in [0.5, 0.6) is 5.75 Å². The van der Waals surface area contributed by atoms with Crippen molar-refractivity contribution in [2.24, 2.45) is 5.92 Å². The number of esters is 1. The lowest BCUT2D eigenvalue weighted by Gasteiger charge is -2.33. The monoisotopic (exact) mass is 655 g/mol. The van der Waals surface area contributed by atoms with E-state index in [1.807, 2.05) is 30.3 Å². The van der Waals surface area contributed by atoms with E-state index in [9.17, 15) is 14.4 Å². The number of rotatable bonds is 10. The Kier molecular flexibility index (Phi) is 10.7. The molecule has 258 valence electrons. The van der Waals surface area contributed by atoms with Crippen LogP contribution in [-0.2, 0) is 32.0 Å². The minimum Gasteiger partial charge on any atom is -0.487 e. The minimum absolute atomic E-state index is 0.0164. The zero-order chi connectivity index (χ0) is 34.7. The summed E-state index contributed by atoms with van der Waals surface area (Å²) < 4.78 is 39.8. The summed E-state index contributed by atoms with van der Waals surface area (Å²) in [6.45, 7) is 16.3. The van der Waals surface area contributed by atoms with E-state index in [-0.39, 0.29) is 48.8 Å². The van der Waals surface area contributed by atoms with Crippen LogP contribution in [-0.4, -0.2) is 65.5 Å². The van der Waals surface area contributed by atoms with E-state index < -0.39 is 46.8 Å². The second kappa shape index (κ2) is 14.0. The summed E-state index contributed by atoms with van der Waals surface area (Å²) in [6, 6.07) is 10.3. The summed E-state index contributed by atoms with van der Waals surface area (Å²) in [7, 11) is 0. The van der Waals surface area contributed by atoms with Crippen LogP contribution in [0.1, 0.15) is 86.3 Å². The Morgan fingerprint density at radius 2 is 1.51 bits per heavy atom. The van der Waals surface area contributed by atoms with E-state index in [1.165, 1.54) is 4.90 Å². The molecule has 0 bridgehead atoms. The lowest BCUT2D eigenvalue weighted by molar-refractivity contribution is -0.152. The Balaban J connectivity index is 1.73. The normalized spacial score (nSPS) is 16.3. The maximum Gasteiger partial charge on any atom is 0.415 e. The number of benzene rings is 2. The summed E-state index contributed by atoms with van der Waals surface area (Å²) in [5.41, 5.74) is -0.904. The number of nitrogens with one attached hydrogen (secondary N) is 1. The van der Waals surface area contributed by atoms with Gasteiger partial charge in [-0.3, -0.25) is 9.69 Å². The van der Waals surface area contributed by atoms with Crippen LogP contribution in [0.2, 0.25) is 0 Å². The molecule has 10 nitrogen and oxygen atoms in total. The summed E-state index contributed by atoms with van der Waals surface area (Å²) in [6.07, 6.45) is 0.952. The number of carbonyl (C=O) groups excluding carboxylic acids is 3. The lowest BCUT2D eigenvalue weighted by Crippen LogP contribution is -2.49. The van der Waals surface area contributed by atoms with E-state index in [0.29, 0.717) is 12.5 Å². The molecular weight excluding hydrogens is 605 g/mol. The van der Waals surface area contributed by atoms with Crippen LogP contribution in [0.4, 0.5) is 25.4 Å². The first-order valence-corrected chi connectivity index (χ1v) is 16.3. The van der Waals surface area contributed by atoms with Crippen molar-refractivity contribution in [3.05, 3.63) is 53.3 Å². The number of halogens is 1. The van der Waals surface area contributed by atoms with Gasteiger partial charge < -0.3 is 29.2 Å². The molecule has 0 radical (unpaired) electrons. The van der Waals surface area contributed by atoms with Crippen LogP contribution in [0.25, 0.3) is 0 Å². The Bertz CT molecular complexity index is 1440. The van der Waals surface area contributed by atoms with E-state index in [1.54, 1.807) is 73.3 Å². The third-order valence-electron chi connectivity index (χ3n) is 7.29. The molecule has 0 spiro atoms. The van der Waals surface area contributed by atoms with Crippen molar-refractivity contribution in [1.82, 2.24) is 4.90 Å². The Hall–Kier alpha value is -4.02. The van der Waals surface area contributed by atoms with Gasteiger partial charge in [-0.25, -0.2) is 14.0 Å². The van der Waals surface area contributed by atoms with Gasteiger partial charge in [0.1, 0.15) is 41.4 Å². The number of ether oxygens (including phenoxy) is 4. The molecule has 0 aromatic heterocycles. The molecule has 0 unspecified atom stereocenters. The second-order valence-electron chi connectivity index (χ2n) is 15.3. The summed E-state index contributed by atoms with van der Waals surface area (Å²) in [5, 5.41) is 2.89. The van der Waals surface area contributed by atoms with Crippen molar-refractivity contribution in [3.63, 3.8) is 0 Å². The predicted molar refractivity (Wildman–Crippen MR) is 178 cm³/mol. The van der Waals surface area contributed by atoms with Gasteiger partial charge in [0, 0.05) is 31.1 Å². The molecule has 2 aromatic carbocycles. The third kappa shape index (κ3) is 10.5. The Morgan fingerprint density at radius 3 is 2.09 bits per heavy atom. The molecule has 47 heavy (non-hydrogen) atoms. The molecule has 2 aliphatic rings. The number of anilines is 2. The number of carbonyl (C=O) groups is 3. The van der Waals surface area contributed by atoms with Gasteiger partial charge in [0.05, 0.1) is 11.7 Å². The van der Waals surface area contributed by atoms with Gasteiger partial charge in [-0.15, -0.1) is 0 Å². The zero-order valence-electron chi connectivity index (χ0n) is 29.2. The van der Waals surface area contributed by atoms with Crippen LogP contribution < -0.4 is 15.0 Å². The van der Waals surface area contributed by atoms with E-state index >= 15 is 4.39 Å². The highest BCUT2D eigenvalue weighted by molar-refractivity contribution is 5.93. The van der Waals surface area contributed by atoms with E-state index in [4.69, 9.17) is 18.9 Å². The SMILES string of the molecule is CC(C)(C)OC(=O)CNc1c(OCc2ccccc2)cc2c(c1F)C[C@H](CN(CC1CC1)C(=O)OC(C)(C)C)N2C(=O)OC(C)(C)C. The summed E-state index contributed by atoms with van der Waals surface area (Å²) >= 11 is 0. The van der Waals surface area contributed by atoms with Crippen molar-refractivity contribution in [2.45, 2.75) is 111 Å². The fourth-order valence-electron chi connectivity index (χ4n) is 5.26. The quantitative estimate of drug-likeness (QED) is 0.208. The van der Waals surface area contributed by atoms with Gasteiger partial charge in [0.2, 0.25) is 0 Å². The number of hydrogen-bond donors (Lipinski definition) is 1. The standard InChI is InChI=1S/C36H50FN3O7/c1-34(2,3)45-29(41)19-38-31-28(44-22-24-13-11-10-12-14-24)18-27-26(30(31)37)17-25(40(27)33(43)47-36(7,8)9)21-39(20-23-15-16-23)32(42)46-35(4,5)6/h10-14,18,23,25,38H,15-17,19-22H2,1-9H3/t25-/m1/s1. The number of hydrogen-bond acceptors (Lipinski definition) is 8. The number of fused-ring (bicyclic) bond motifs is 1. The molecule has 4 rings (SSSR count). The third-order valence-corrected chi connectivity index (χ3v) is 7.29. The number of amides is 2. The molecule has 1 fully saturated rings. The Labute approximate surface area is 277 Å². The minimum atomic E-state index is -0.830. The molecule has 1 aliphatic heterocycles. The maximum atomic E-state index is 16.7. The lowest BCUT2D eigenvalue weighted by atomic mass is 10.1. The molecule has 1 heterocycles. The van der Waals surface area contributed by atoms with Crippen molar-refractivity contribution in [2.75, 3.05) is 29.9 Å². The van der Waals surface area contributed by atoms with Crippen molar-refractivity contribution >= 4 is 29.5 Å². The maximum absolute atomic E-state index is 16.7. The topological polar surface area (TPSA) is 107 Å². The van der Waals surface area contributed by atoms with Gasteiger partial charge >= 0.3 is 18.2 Å². The first-order valence-electron chi connectivity index (χ1n) is 16.3. The molecule has 0 saturated heterocycles. The second-order valence-corrected chi connectivity index (χ2v) is 15.3. The van der Waals surface area contributed by atoms with Gasteiger partial charge in [0.15, 0.2) is 5.82 Å². The smallest absolute Gasteiger partial charge is 0.415 e. The summed E-state index contributed by atoms with van der Waals surface area (Å²) in [5.74, 6) is -0.756. The fourth-order valence-corrected chi connectivity index (χ4v) is 5.26. The van der Waals surface area contributed by atoms with Crippen LogP contribution in [0.3, 0.4) is 0 Å². The molecule has 1 atom stereocenters. The molecule has 11 heteroatoms.